The van der Waals surface area contributed by atoms with Gasteiger partial charge in [0, 0.05) is 29.5 Å². The van der Waals surface area contributed by atoms with Gasteiger partial charge in [0.05, 0.1) is 0 Å². The Morgan fingerprint density at radius 2 is 2.20 bits per heavy atom. The summed E-state index contributed by atoms with van der Waals surface area (Å²) in [6, 6.07) is 7.26. The molecular formula is C16H23BrN2O. The lowest BCUT2D eigenvalue weighted by Crippen LogP contribution is -2.38. The average molecular weight is 339 g/mol. The third-order valence-corrected chi connectivity index (χ3v) is 4.12. The number of aryl methyl sites for hydroxylation is 1. The third-order valence-electron chi connectivity index (χ3n) is 3.63. The Kier molecular flexibility index (Phi) is 5.61. The van der Waals surface area contributed by atoms with Crippen molar-refractivity contribution < 1.29 is 4.79 Å². The second-order valence-corrected chi connectivity index (χ2v) is 6.69. The van der Waals surface area contributed by atoms with Crippen molar-refractivity contribution >= 4 is 21.8 Å². The zero-order chi connectivity index (χ0) is 14.5. The van der Waals surface area contributed by atoms with Crippen LogP contribution in [0.25, 0.3) is 0 Å². The Labute approximate surface area is 129 Å². The lowest BCUT2D eigenvalue weighted by molar-refractivity contribution is -0.121. The first kappa shape index (κ1) is 15.5. The number of hydrogen-bond donors (Lipinski definition) is 2. The molecule has 0 heterocycles. The lowest BCUT2D eigenvalue weighted by Gasteiger charge is -2.25. The van der Waals surface area contributed by atoms with Crippen molar-refractivity contribution in [2.75, 3.05) is 6.54 Å². The summed E-state index contributed by atoms with van der Waals surface area (Å²) in [4.78, 5) is 11.6. The second-order valence-electron chi connectivity index (χ2n) is 5.78. The molecular weight excluding hydrogens is 316 g/mol. The van der Waals surface area contributed by atoms with E-state index in [0.717, 1.165) is 30.3 Å². The van der Waals surface area contributed by atoms with Gasteiger partial charge in [0.1, 0.15) is 0 Å². The number of rotatable bonds is 5. The van der Waals surface area contributed by atoms with Crippen molar-refractivity contribution in [3.05, 3.63) is 33.8 Å². The molecule has 0 saturated heterocycles. The van der Waals surface area contributed by atoms with Crippen LogP contribution >= 0.6 is 15.9 Å². The molecule has 1 unspecified atom stereocenters. The fraction of sp³-hybridized carbons (Fsp3) is 0.562. The van der Waals surface area contributed by atoms with E-state index in [2.05, 4.69) is 44.8 Å². The first-order chi connectivity index (χ1) is 9.54. The standard InChI is InChI=1S/C16H23BrN2O/c1-11(2)19-16(20)7-8-18-15-6-4-12-9-14(17)5-3-13(12)10-15/h3,5,9,11,15,18H,4,6-8,10H2,1-2H3,(H,19,20). The van der Waals surface area contributed by atoms with Crippen molar-refractivity contribution in [1.82, 2.24) is 10.6 Å². The Morgan fingerprint density at radius 3 is 2.95 bits per heavy atom. The Bertz CT molecular complexity index is 474. The normalized spacial score (nSPS) is 17.9. The quantitative estimate of drug-likeness (QED) is 0.866. The number of carbonyl (C=O) groups excluding carboxylic acids is 1. The summed E-state index contributed by atoms with van der Waals surface area (Å²) in [7, 11) is 0. The topological polar surface area (TPSA) is 41.1 Å². The van der Waals surface area contributed by atoms with E-state index < -0.39 is 0 Å². The maximum absolute atomic E-state index is 11.6. The monoisotopic (exact) mass is 338 g/mol. The fourth-order valence-electron chi connectivity index (χ4n) is 2.68. The maximum Gasteiger partial charge on any atom is 0.221 e. The number of amides is 1. The highest BCUT2D eigenvalue weighted by molar-refractivity contribution is 9.10. The molecule has 0 radical (unpaired) electrons. The number of nitrogens with one attached hydrogen (secondary N) is 2. The van der Waals surface area contributed by atoms with Crippen LogP contribution in [0.5, 0.6) is 0 Å². The summed E-state index contributed by atoms with van der Waals surface area (Å²) in [6.07, 6.45) is 3.89. The van der Waals surface area contributed by atoms with Crippen molar-refractivity contribution in [2.45, 2.75) is 51.6 Å². The first-order valence-corrected chi connectivity index (χ1v) is 8.14. The SMILES string of the molecule is CC(C)NC(=O)CCNC1CCc2cc(Br)ccc2C1. The van der Waals surface area contributed by atoms with E-state index in [1.54, 1.807) is 0 Å². The molecule has 0 aromatic heterocycles. The van der Waals surface area contributed by atoms with Gasteiger partial charge in [0.15, 0.2) is 0 Å². The van der Waals surface area contributed by atoms with Crippen LogP contribution in [0.15, 0.2) is 22.7 Å². The zero-order valence-electron chi connectivity index (χ0n) is 12.2. The molecule has 0 aliphatic heterocycles. The minimum atomic E-state index is 0.132. The van der Waals surface area contributed by atoms with Crippen LogP contribution in [-0.2, 0) is 17.6 Å². The molecule has 1 amide bonds. The molecule has 0 saturated carbocycles. The largest absolute Gasteiger partial charge is 0.354 e. The third kappa shape index (κ3) is 4.60. The number of hydrogen-bond acceptors (Lipinski definition) is 2. The van der Waals surface area contributed by atoms with E-state index in [-0.39, 0.29) is 11.9 Å². The van der Waals surface area contributed by atoms with Crippen LogP contribution in [0, 0.1) is 0 Å². The van der Waals surface area contributed by atoms with Crippen LogP contribution in [-0.4, -0.2) is 24.5 Å². The van der Waals surface area contributed by atoms with Crippen molar-refractivity contribution in [2.24, 2.45) is 0 Å². The van der Waals surface area contributed by atoms with Gasteiger partial charge in [0.25, 0.3) is 0 Å². The summed E-state index contributed by atoms with van der Waals surface area (Å²) in [5, 5.41) is 6.43. The van der Waals surface area contributed by atoms with Gasteiger partial charge in [-0.15, -0.1) is 0 Å². The van der Waals surface area contributed by atoms with Crippen molar-refractivity contribution in [3.63, 3.8) is 0 Å². The molecule has 3 nitrogen and oxygen atoms in total. The molecule has 20 heavy (non-hydrogen) atoms. The number of carbonyl (C=O) groups is 1. The summed E-state index contributed by atoms with van der Waals surface area (Å²) >= 11 is 3.52. The number of halogens is 1. The molecule has 1 atom stereocenters. The van der Waals surface area contributed by atoms with E-state index >= 15 is 0 Å². The van der Waals surface area contributed by atoms with Crippen LogP contribution < -0.4 is 10.6 Å². The molecule has 110 valence electrons. The van der Waals surface area contributed by atoms with E-state index in [9.17, 15) is 4.79 Å². The predicted octanol–water partition coefficient (Wildman–Crippen LogP) is 2.81. The first-order valence-electron chi connectivity index (χ1n) is 7.34. The molecule has 0 fully saturated rings. The summed E-state index contributed by atoms with van der Waals surface area (Å²) < 4.78 is 1.16. The van der Waals surface area contributed by atoms with Gasteiger partial charge in [-0.25, -0.2) is 0 Å². The summed E-state index contributed by atoms with van der Waals surface area (Å²) in [5.74, 6) is 0.132. The van der Waals surface area contributed by atoms with E-state index in [0.29, 0.717) is 12.5 Å². The van der Waals surface area contributed by atoms with Gasteiger partial charge in [0.2, 0.25) is 5.91 Å². The maximum atomic E-state index is 11.6. The van der Waals surface area contributed by atoms with Crippen molar-refractivity contribution in [1.29, 1.82) is 0 Å². The van der Waals surface area contributed by atoms with Crippen LogP contribution in [0.1, 0.15) is 37.8 Å². The second kappa shape index (κ2) is 7.23. The molecule has 0 spiro atoms. The highest BCUT2D eigenvalue weighted by atomic mass is 79.9. The van der Waals surface area contributed by atoms with Crippen LogP contribution in [0.4, 0.5) is 0 Å². The van der Waals surface area contributed by atoms with E-state index in [1.165, 1.54) is 11.1 Å². The minimum absolute atomic E-state index is 0.132. The van der Waals surface area contributed by atoms with Gasteiger partial charge < -0.3 is 10.6 Å². The Balaban J connectivity index is 1.76. The van der Waals surface area contributed by atoms with E-state index in [1.807, 2.05) is 13.8 Å². The zero-order valence-corrected chi connectivity index (χ0v) is 13.8. The van der Waals surface area contributed by atoms with Crippen LogP contribution in [0.2, 0.25) is 0 Å². The van der Waals surface area contributed by atoms with Gasteiger partial charge in [-0.1, -0.05) is 22.0 Å². The Hall–Kier alpha value is -0.870. The van der Waals surface area contributed by atoms with Gasteiger partial charge in [-0.3, -0.25) is 4.79 Å². The van der Waals surface area contributed by atoms with Crippen LogP contribution in [0.3, 0.4) is 0 Å². The number of benzene rings is 1. The molecule has 1 aromatic rings. The van der Waals surface area contributed by atoms with Gasteiger partial charge in [-0.2, -0.15) is 0 Å². The Morgan fingerprint density at radius 1 is 1.40 bits per heavy atom. The molecule has 1 aliphatic carbocycles. The van der Waals surface area contributed by atoms with Crippen molar-refractivity contribution in [3.8, 4) is 0 Å². The summed E-state index contributed by atoms with van der Waals surface area (Å²) in [6.45, 7) is 4.73. The van der Waals surface area contributed by atoms with E-state index in [4.69, 9.17) is 0 Å². The average Bonchev–Trinajstić information content (AvgIpc) is 2.38. The molecule has 4 heteroatoms. The molecule has 2 rings (SSSR count). The number of fused-ring (bicyclic) bond motifs is 1. The molecule has 0 bridgehead atoms. The summed E-state index contributed by atoms with van der Waals surface area (Å²) in [5.41, 5.74) is 2.89. The minimum Gasteiger partial charge on any atom is -0.354 e. The molecule has 2 N–H and O–H groups in total. The highest BCUT2D eigenvalue weighted by Gasteiger charge is 2.18. The lowest BCUT2D eigenvalue weighted by atomic mass is 9.88. The predicted molar refractivity (Wildman–Crippen MR) is 85.9 cm³/mol. The smallest absolute Gasteiger partial charge is 0.221 e. The van der Waals surface area contributed by atoms with Gasteiger partial charge >= 0.3 is 0 Å². The van der Waals surface area contributed by atoms with Gasteiger partial charge in [-0.05, 0) is 56.4 Å². The highest BCUT2D eigenvalue weighted by Crippen LogP contribution is 2.24. The fourth-order valence-corrected chi connectivity index (χ4v) is 3.09. The molecule has 1 aliphatic rings. The molecule has 1 aromatic carbocycles.